The molecule has 1 amide bonds. The minimum absolute atomic E-state index is 0.130. The Balaban J connectivity index is 1.44. The number of benzene rings is 3. The summed E-state index contributed by atoms with van der Waals surface area (Å²) in [5.74, 6) is -1.74. The van der Waals surface area contributed by atoms with E-state index in [1.54, 1.807) is 24.3 Å². The number of rotatable bonds is 5. The zero-order chi connectivity index (χ0) is 23.6. The topological polar surface area (TPSA) is 69.7 Å². The van der Waals surface area contributed by atoms with Gasteiger partial charge in [0.2, 0.25) is 10.0 Å². The number of carbonyl (C=O) groups is 1. The fourth-order valence-electron chi connectivity index (χ4n) is 3.54. The van der Waals surface area contributed by atoms with Gasteiger partial charge in [-0.3, -0.25) is 4.79 Å². The SMILES string of the molecule is O=C(Nc1ccc(S(=O)(=O)N2CCN(c3ccc(F)cc3)CC2)cc1F)c1ccc(Cl)cc1. The highest BCUT2D eigenvalue weighted by Crippen LogP contribution is 2.25. The number of piperazine rings is 1. The fraction of sp³-hybridized carbons (Fsp3) is 0.174. The van der Waals surface area contributed by atoms with E-state index in [2.05, 4.69) is 5.32 Å². The maximum atomic E-state index is 14.6. The van der Waals surface area contributed by atoms with Crippen molar-refractivity contribution in [3.8, 4) is 0 Å². The molecule has 1 aliphatic rings. The molecule has 1 heterocycles. The van der Waals surface area contributed by atoms with Gasteiger partial charge in [-0.1, -0.05) is 11.6 Å². The van der Waals surface area contributed by atoms with Crippen LogP contribution in [0, 0.1) is 11.6 Å². The van der Waals surface area contributed by atoms with Gasteiger partial charge in [0, 0.05) is 42.5 Å². The molecule has 0 spiro atoms. The summed E-state index contributed by atoms with van der Waals surface area (Å²) in [6.07, 6.45) is 0. The number of sulfonamides is 1. The van der Waals surface area contributed by atoms with Crippen LogP contribution < -0.4 is 10.2 Å². The maximum Gasteiger partial charge on any atom is 0.255 e. The Morgan fingerprint density at radius 3 is 2.12 bits per heavy atom. The Bertz CT molecular complexity index is 1260. The number of amides is 1. The molecule has 10 heteroatoms. The monoisotopic (exact) mass is 491 g/mol. The van der Waals surface area contributed by atoms with Crippen LogP contribution in [0.2, 0.25) is 5.02 Å². The molecule has 33 heavy (non-hydrogen) atoms. The number of carbonyl (C=O) groups excluding carboxylic acids is 1. The van der Waals surface area contributed by atoms with Crippen LogP contribution >= 0.6 is 11.6 Å². The van der Waals surface area contributed by atoms with Crippen LogP contribution in [-0.2, 0) is 10.0 Å². The van der Waals surface area contributed by atoms with Crippen molar-refractivity contribution in [3.05, 3.63) is 89.0 Å². The molecule has 0 aliphatic carbocycles. The molecular weight excluding hydrogens is 472 g/mol. The van der Waals surface area contributed by atoms with E-state index in [1.807, 2.05) is 4.90 Å². The van der Waals surface area contributed by atoms with Crippen LogP contribution in [0.1, 0.15) is 10.4 Å². The van der Waals surface area contributed by atoms with E-state index in [0.717, 1.165) is 11.8 Å². The van der Waals surface area contributed by atoms with Crippen molar-refractivity contribution in [1.29, 1.82) is 0 Å². The van der Waals surface area contributed by atoms with Gasteiger partial charge in [0.1, 0.15) is 11.6 Å². The number of hydrogen-bond donors (Lipinski definition) is 1. The summed E-state index contributed by atoms with van der Waals surface area (Å²) >= 11 is 5.80. The first-order valence-electron chi connectivity index (χ1n) is 10.1. The van der Waals surface area contributed by atoms with Gasteiger partial charge >= 0.3 is 0 Å². The van der Waals surface area contributed by atoms with Crippen LogP contribution in [0.25, 0.3) is 0 Å². The van der Waals surface area contributed by atoms with Gasteiger partial charge in [0.05, 0.1) is 10.6 Å². The molecule has 0 atom stereocenters. The van der Waals surface area contributed by atoms with Crippen molar-refractivity contribution < 1.29 is 22.0 Å². The summed E-state index contributed by atoms with van der Waals surface area (Å²) in [6, 6.07) is 15.5. The van der Waals surface area contributed by atoms with Crippen LogP contribution in [0.5, 0.6) is 0 Å². The van der Waals surface area contributed by atoms with E-state index in [0.29, 0.717) is 18.1 Å². The number of nitrogens with zero attached hydrogens (tertiary/aromatic N) is 2. The van der Waals surface area contributed by atoms with E-state index >= 15 is 0 Å². The summed E-state index contributed by atoms with van der Waals surface area (Å²) in [4.78, 5) is 14.1. The first-order valence-corrected chi connectivity index (χ1v) is 11.9. The number of halogens is 3. The Hall–Kier alpha value is -3.01. The zero-order valence-corrected chi connectivity index (χ0v) is 18.9. The highest BCUT2D eigenvalue weighted by atomic mass is 35.5. The number of hydrogen-bond acceptors (Lipinski definition) is 4. The highest BCUT2D eigenvalue weighted by Gasteiger charge is 2.29. The normalized spacial score (nSPS) is 14.8. The third kappa shape index (κ3) is 5.16. The molecule has 0 saturated carbocycles. The average Bonchev–Trinajstić information content (AvgIpc) is 2.81. The predicted octanol–water partition coefficient (Wildman–Crippen LogP) is 4.38. The largest absolute Gasteiger partial charge is 0.369 e. The molecule has 1 N–H and O–H groups in total. The first kappa shape index (κ1) is 23.2. The summed E-state index contributed by atoms with van der Waals surface area (Å²) in [6.45, 7) is 1.25. The minimum atomic E-state index is -3.92. The van der Waals surface area contributed by atoms with Crippen molar-refractivity contribution in [2.75, 3.05) is 36.4 Å². The molecular formula is C23H20ClF2N3O3S. The van der Waals surface area contributed by atoms with Crippen molar-refractivity contribution in [1.82, 2.24) is 4.31 Å². The van der Waals surface area contributed by atoms with Crippen LogP contribution in [-0.4, -0.2) is 44.8 Å². The lowest BCUT2D eigenvalue weighted by Crippen LogP contribution is -2.48. The zero-order valence-electron chi connectivity index (χ0n) is 17.3. The minimum Gasteiger partial charge on any atom is -0.369 e. The predicted molar refractivity (Wildman–Crippen MR) is 123 cm³/mol. The molecule has 1 fully saturated rings. The Morgan fingerprint density at radius 2 is 1.52 bits per heavy atom. The van der Waals surface area contributed by atoms with E-state index in [9.17, 15) is 22.0 Å². The van der Waals surface area contributed by atoms with E-state index in [4.69, 9.17) is 11.6 Å². The Kier molecular flexibility index (Phi) is 6.64. The molecule has 0 radical (unpaired) electrons. The van der Waals surface area contributed by atoms with E-state index in [-0.39, 0.29) is 35.1 Å². The lowest BCUT2D eigenvalue weighted by Gasteiger charge is -2.35. The second kappa shape index (κ2) is 9.46. The lowest BCUT2D eigenvalue weighted by molar-refractivity contribution is 0.102. The van der Waals surface area contributed by atoms with Crippen LogP contribution in [0.4, 0.5) is 20.2 Å². The summed E-state index contributed by atoms with van der Waals surface area (Å²) in [7, 11) is -3.92. The summed E-state index contributed by atoms with van der Waals surface area (Å²) in [5, 5.41) is 2.90. The quantitative estimate of drug-likeness (QED) is 0.575. The molecule has 172 valence electrons. The first-order chi connectivity index (χ1) is 15.7. The van der Waals surface area contributed by atoms with E-state index < -0.39 is 21.7 Å². The van der Waals surface area contributed by atoms with Gasteiger partial charge < -0.3 is 10.2 Å². The summed E-state index contributed by atoms with van der Waals surface area (Å²) < 4.78 is 55.1. The molecule has 0 unspecified atom stereocenters. The molecule has 1 saturated heterocycles. The van der Waals surface area contributed by atoms with Crippen molar-refractivity contribution in [3.63, 3.8) is 0 Å². The van der Waals surface area contributed by atoms with Gasteiger partial charge in [-0.25, -0.2) is 17.2 Å². The number of nitrogens with one attached hydrogen (secondary N) is 1. The summed E-state index contributed by atoms with van der Waals surface area (Å²) in [5.41, 5.74) is 0.963. The van der Waals surface area contributed by atoms with E-state index in [1.165, 1.54) is 40.7 Å². The smallest absolute Gasteiger partial charge is 0.255 e. The number of anilines is 2. The highest BCUT2D eigenvalue weighted by molar-refractivity contribution is 7.89. The van der Waals surface area contributed by atoms with Crippen LogP contribution in [0.15, 0.2) is 71.6 Å². The molecule has 1 aliphatic heterocycles. The van der Waals surface area contributed by atoms with Crippen molar-refractivity contribution in [2.24, 2.45) is 0 Å². The standard InChI is InChI=1S/C23H20ClF2N3O3S/c24-17-3-1-16(2-4-17)23(30)27-22-10-9-20(15-21(22)26)33(31,32)29-13-11-28(12-14-29)19-7-5-18(25)6-8-19/h1-10,15H,11-14H2,(H,27,30). The lowest BCUT2D eigenvalue weighted by atomic mass is 10.2. The second-order valence-corrected chi connectivity index (χ2v) is 9.84. The second-order valence-electron chi connectivity index (χ2n) is 7.47. The van der Waals surface area contributed by atoms with Gasteiger partial charge in [0.25, 0.3) is 5.91 Å². The van der Waals surface area contributed by atoms with Crippen LogP contribution in [0.3, 0.4) is 0 Å². The molecule has 3 aromatic rings. The van der Waals surface area contributed by atoms with Gasteiger partial charge in [0.15, 0.2) is 0 Å². The molecule has 0 aromatic heterocycles. The molecule has 3 aromatic carbocycles. The molecule has 6 nitrogen and oxygen atoms in total. The van der Waals surface area contributed by atoms with Gasteiger partial charge in [-0.2, -0.15) is 4.31 Å². The maximum absolute atomic E-state index is 14.6. The third-order valence-electron chi connectivity index (χ3n) is 5.36. The molecule has 0 bridgehead atoms. The van der Waals surface area contributed by atoms with Crippen molar-refractivity contribution >= 4 is 38.9 Å². The van der Waals surface area contributed by atoms with Crippen molar-refractivity contribution in [2.45, 2.75) is 4.90 Å². The fourth-order valence-corrected chi connectivity index (χ4v) is 5.10. The third-order valence-corrected chi connectivity index (χ3v) is 7.51. The van der Waals surface area contributed by atoms with Gasteiger partial charge in [-0.15, -0.1) is 0 Å². The van der Waals surface area contributed by atoms with Gasteiger partial charge in [-0.05, 0) is 66.7 Å². The molecule has 4 rings (SSSR count). The Labute approximate surface area is 195 Å². The Morgan fingerprint density at radius 1 is 0.879 bits per heavy atom. The average molecular weight is 492 g/mol.